The number of pyridine rings is 1. The highest BCUT2D eigenvalue weighted by Gasteiger charge is 2.31. The van der Waals surface area contributed by atoms with Crippen molar-refractivity contribution in [3.05, 3.63) is 36.2 Å². The van der Waals surface area contributed by atoms with Crippen LogP contribution < -0.4 is 0 Å². The van der Waals surface area contributed by atoms with Gasteiger partial charge in [0, 0.05) is 37.8 Å². The molecule has 0 bridgehead atoms. The minimum atomic E-state index is 0.318. The first-order chi connectivity index (χ1) is 11.8. The van der Waals surface area contributed by atoms with Crippen molar-refractivity contribution in [3.8, 4) is 11.4 Å². The quantitative estimate of drug-likeness (QED) is 0.863. The van der Waals surface area contributed by atoms with Crippen molar-refractivity contribution in [2.45, 2.75) is 38.3 Å². The summed E-state index contributed by atoms with van der Waals surface area (Å²) in [6, 6.07) is 8.08. The van der Waals surface area contributed by atoms with Crippen molar-refractivity contribution >= 4 is 5.91 Å². The highest BCUT2D eigenvalue weighted by Crippen LogP contribution is 2.23. The molecule has 0 aromatic carbocycles. The molecule has 2 aromatic rings. The number of rotatable bonds is 4. The van der Waals surface area contributed by atoms with E-state index in [1.807, 2.05) is 24.3 Å². The Kier molecular flexibility index (Phi) is 4.30. The monoisotopic (exact) mass is 326 g/mol. The van der Waals surface area contributed by atoms with Crippen molar-refractivity contribution in [2.24, 2.45) is 0 Å². The van der Waals surface area contributed by atoms with Crippen LogP contribution in [0.25, 0.3) is 11.4 Å². The van der Waals surface area contributed by atoms with E-state index < -0.39 is 0 Å². The van der Waals surface area contributed by atoms with Crippen LogP contribution in [-0.4, -0.2) is 51.5 Å². The van der Waals surface area contributed by atoms with E-state index in [1.165, 1.54) is 0 Å². The molecule has 2 saturated heterocycles. The van der Waals surface area contributed by atoms with Crippen LogP contribution in [0.1, 0.15) is 31.4 Å². The molecule has 1 unspecified atom stereocenters. The number of carbonyl (C=O) groups excluding carboxylic acids is 1. The van der Waals surface area contributed by atoms with Gasteiger partial charge in [0.15, 0.2) is 5.76 Å². The number of likely N-dealkylation sites (tertiary alicyclic amines) is 2. The summed E-state index contributed by atoms with van der Waals surface area (Å²) in [6.07, 6.45) is 5.70. The second kappa shape index (κ2) is 6.73. The average molecular weight is 326 g/mol. The molecular weight excluding hydrogens is 304 g/mol. The van der Waals surface area contributed by atoms with Gasteiger partial charge in [0.2, 0.25) is 5.91 Å². The Bertz CT molecular complexity index is 700. The first kappa shape index (κ1) is 15.3. The van der Waals surface area contributed by atoms with Gasteiger partial charge in [0.1, 0.15) is 5.69 Å². The lowest BCUT2D eigenvalue weighted by Gasteiger charge is -2.37. The predicted octanol–water partition coefficient (Wildman–Crippen LogP) is 2.32. The van der Waals surface area contributed by atoms with E-state index in [0.717, 1.165) is 62.6 Å². The van der Waals surface area contributed by atoms with E-state index in [9.17, 15) is 4.79 Å². The first-order valence-electron chi connectivity index (χ1n) is 8.68. The fourth-order valence-electron chi connectivity index (χ4n) is 3.73. The Morgan fingerprint density at radius 3 is 2.96 bits per heavy atom. The fourth-order valence-corrected chi connectivity index (χ4v) is 3.73. The number of carbonyl (C=O) groups is 1. The van der Waals surface area contributed by atoms with Gasteiger partial charge < -0.3 is 9.42 Å². The van der Waals surface area contributed by atoms with Crippen LogP contribution >= 0.6 is 0 Å². The summed E-state index contributed by atoms with van der Waals surface area (Å²) in [7, 11) is 0. The lowest BCUT2D eigenvalue weighted by Crippen LogP contribution is -2.48. The van der Waals surface area contributed by atoms with Crippen molar-refractivity contribution in [1.29, 1.82) is 0 Å². The maximum atomic E-state index is 12.0. The summed E-state index contributed by atoms with van der Waals surface area (Å²) in [4.78, 5) is 20.7. The Labute approximate surface area is 141 Å². The SMILES string of the molecule is O=C1CCCN1C1CCCN(Cc2cc(-c3ccccn3)no2)C1. The maximum absolute atomic E-state index is 12.0. The molecule has 6 nitrogen and oxygen atoms in total. The lowest BCUT2D eigenvalue weighted by molar-refractivity contribution is -0.130. The van der Waals surface area contributed by atoms with Crippen LogP contribution in [0.15, 0.2) is 35.0 Å². The predicted molar refractivity (Wildman–Crippen MR) is 89.0 cm³/mol. The van der Waals surface area contributed by atoms with Crippen molar-refractivity contribution in [2.75, 3.05) is 19.6 Å². The van der Waals surface area contributed by atoms with E-state index in [0.29, 0.717) is 18.4 Å². The van der Waals surface area contributed by atoms with Gasteiger partial charge in [-0.15, -0.1) is 0 Å². The van der Waals surface area contributed by atoms with Crippen LogP contribution in [0, 0.1) is 0 Å². The van der Waals surface area contributed by atoms with Crippen molar-refractivity contribution in [3.63, 3.8) is 0 Å². The largest absolute Gasteiger partial charge is 0.359 e. The second-order valence-electron chi connectivity index (χ2n) is 6.62. The number of hydrogen-bond acceptors (Lipinski definition) is 5. The van der Waals surface area contributed by atoms with Crippen LogP contribution in [0.3, 0.4) is 0 Å². The molecule has 2 fully saturated rings. The van der Waals surface area contributed by atoms with Crippen molar-refractivity contribution in [1.82, 2.24) is 19.9 Å². The number of nitrogens with zero attached hydrogens (tertiary/aromatic N) is 4. The van der Waals surface area contributed by atoms with Crippen molar-refractivity contribution < 1.29 is 9.32 Å². The highest BCUT2D eigenvalue weighted by atomic mass is 16.5. The average Bonchev–Trinajstić information content (AvgIpc) is 3.25. The van der Waals surface area contributed by atoms with Crippen LogP contribution in [-0.2, 0) is 11.3 Å². The van der Waals surface area contributed by atoms with Gasteiger partial charge in [-0.3, -0.25) is 14.7 Å². The molecular formula is C18H22N4O2. The molecule has 0 N–H and O–H groups in total. The summed E-state index contributed by atoms with van der Waals surface area (Å²) in [6.45, 7) is 3.62. The molecule has 1 atom stereocenters. The summed E-state index contributed by atoms with van der Waals surface area (Å²) < 4.78 is 5.49. The van der Waals surface area contributed by atoms with E-state index in [-0.39, 0.29) is 0 Å². The fraction of sp³-hybridized carbons (Fsp3) is 0.500. The molecule has 4 rings (SSSR count). The van der Waals surface area contributed by atoms with Gasteiger partial charge >= 0.3 is 0 Å². The molecule has 0 aliphatic carbocycles. The standard InChI is InChI=1S/C18H22N4O2/c23-18-7-4-10-22(18)14-5-3-9-21(12-14)13-15-11-17(20-24-15)16-6-1-2-8-19-16/h1-2,6,8,11,14H,3-5,7,9-10,12-13H2. The Hall–Kier alpha value is -2.21. The smallest absolute Gasteiger partial charge is 0.222 e. The third-order valence-corrected chi connectivity index (χ3v) is 4.90. The summed E-state index contributed by atoms with van der Waals surface area (Å²) in [5.74, 6) is 1.17. The Morgan fingerprint density at radius 1 is 1.21 bits per heavy atom. The van der Waals surface area contributed by atoms with Crippen LogP contribution in [0.5, 0.6) is 0 Å². The minimum Gasteiger partial charge on any atom is -0.359 e. The summed E-state index contributed by atoms with van der Waals surface area (Å²) in [5.41, 5.74) is 1.60. The van der Waals surface area contributed by atoms with Gasteiger partial charge in [-0.25, -0.2) is 0 Å². The number of amides is 1. The molecule has 0 saturated carbocycles. The Balaban J connectivity index is 1.40. The second-order valence-corrected chi connectivity index (χ2v) is 6.62. The zero-order valence-electron chi connectivity index (χ0n) is 13.7. The zero-order chi connectivity index (χ0) is 16.4. The maximum Gasteiger partial charge on any atom is 0.222 e. The molecule has 0 spiro atoms. The molecule has 4 heterocycles. The summed E-state index contributed by atoms with van der Waals surface area (Å²) >= 11 is 0. The number of piperidine rings is 1. The number of aromatic nitrogens is 2. The topological polar surface area (TPSA) is 62.5 Å². The Morgan fingerprint density at radius 2 is 2.17 bits per heavy atom. The van der Waals surface area contributed by atoms with E-state index in [2.05, 4.69) is 19.9 Å². The molecule has 2 aliphatic rings. The molecule has 6 heteroatoms. The highest BCUT2D eigenvalue weighted by molar-refractivity contribution is 5.78. The van der Waals surface area contributed by atoms with Crippen LogP contribution in [0.4, 0.5) is 0 Å². The van der Waals surface area contributed by atoms with Gasteiger partial charge in [-0.2, -0.15) is 0 Å². The van der Waals surface area contributed by atoms with E-state index in [4.69, 9.17) is 4.52 Å². The van der Waals surface area contributed by atoms with E-state index in [1.54, 1.807) is 6.20 Å². The van der Waals surface area contributed by atoms with Gasteiger partial charge in [0.05, 0.1) is 12.2 Å². The van der Waals surface area contributed by atoms with Gasteiger partial charge in [0.25, 0.3) is 0 Å². The lowest BCUT2D eigenvalue weighted by atomic mass is 10.0. The minimum absolute atomic E-state index is 0.318. The zero-order valence-corrected chi connectivity index (χ0v) is 13.7. The molecule has 126 valence electrons. The normalized spacial score (nSPS) is 22.2. The van der Waals surface area contributed by atoms with Gasteiger partial charge in [-0.1, -0.05) is 11.2 Å². The first-order valence-corrected chi connectivity index (χ1v) is 8.68. The van der Waals surface area contributed by atoms with Crippen LogP contribution in [0.2, 0.25) is 0 Å². The molecule has 2 aromatic heterocycles. The molecule has 0 radical (unpaired) electrons. The van der Waals surface area contributed by atoms with E-state index >= 15 is 0 Å². The molecule has 24 heavy (non-hydrogen) atoms. The third kappa shape index (κ3) is 3.19. The van der Waals surface area contributed by atoms with Gasteiger partial charge in [-0.05, 0) is 37.9 Å². The summed E-state index contributed by atoms with van der Waals surface area (Å²) in [5, 5.41) is 4.13. The molecule has 2 aliphatic heterocycles. The molecule has 1 amide bonds. The third-order valence-electron chi connectivity index (χ3n) is 4.90. The number of hydrogen-bond donors (Lipinski definition) is 0.